The standard InChI is InChI=1S/C20H28N2/c1-7-17-8-9-18(19(14-17)11-13-21)10-12-20(6,15(2)3)22-16(4)5/h8-14,22H,2,4,7,21H2,1,3,5-6H3/b12-10+,13-11-/t20-/m0/s1. The van der Waals surface area contributed by atoms with Crippen LogP contribution in [0.15, 0.2) is 54.9 Å². The minimum atomic E-state index is -0.320. The normalized spacial score (nSPS) is 14.2. The fourth-order valence-electron chi connectivity index (χ4n) is 2.23. The average Bonchev–Trinajstić information content (AvgIpc) is 2.45. The van der Waals surface area contributed by atoms with Crippen LogP contribution in [0.3, 0.4) is 0 Å². The van der Waals surface area contributed by atoms with Gasteiger partial charge in [0, 0.05) is 5.70 Å². The molecule has 118 valence electrons. The number of rotatable bonds is 7. The van der Waals surface area contributed by atoms with E-state index in [1.807, 2.05) is 19.9 Å². The molecule has 0 spiro atoms. The number of nitrogens with one attached hydrogen (secondary N) is 1. The summed E-state index contributed by atoms with van der Waals surface area (Å²) in [5.74, 6) is 0. The van der Waals surface area contributed by atoms with Crippen molar-refractivity contribution in [3.8, 4) is 0 Å². The zero-order valence-corrected chi connectivity index (χ0v) is 14.2. The molecular weight excluding hydrogens is 268 g/mol. The summed E-state index contributed by atoms with van der Waals surface area (Å²) in [5.41, 5.74) is 10.8. The molecule has 0 unspecified atom stereocenters. The Hall–Kier alpha value is -2.22. The third kappa shape index (κ3) is 4.66. The van der Waals surface area contributed by atoms with Crippen LogP contribution >= 0.6 is 0 Å². The highest BCUT2D eigenvalue weighted by molar-refractivity contribution is 5.66. The number of hydrogen-bond acceptors (Lipinski definition) is 2. The van der Waals surface area contributed by atoms with E-state index in [4.69, 9.17) is 5.73 Å². The maximum Gasteiger partial charge on any atom is 0.0735 e. The van der Waals surface area contributed by atoms with Crippen LogP contribution in [0.4, 0.5) is 0 Å². The molecule has 2 nitrogen and oxygen atoms in total. The zero-order chi connectivity index (χ0) is 16.8. The smallest absolute Gasteiger partial charge is 0.0735 e. The first kappa shape index (κ1) is 17.8. The summed E-state index contributed by atoms with van der Waals surface area (Å²) in [6.07, 6.45) is 8.76. The lowest BCUT2D eigenvalue weighted by Crippen LogP contribution is -2.39. The quantitative estimate of drug-likeness (QED) is 0.719. The van der Waals surface area contributed by atoms with Gasteiger partial charge in [-0.3, -0.25) is 0 Å². The second-order valence-electron chi connectivity index (χ2n) is 5.90. The summed E-state index contributed by atoms with van der Waals surface area (Å²) in [7, 11) is 0. The maximum atomic E-state index is 5.57. The molecule has 0 aliphatic heterocycles. The summed E-state index contributed by atoms with van der Waals surface area (Å²) in [4.78, 5) is 0. The largest absolute Gasteiger partial charge is 0.405 e. The fourth-order valence-corrected chi connectivity index (χ4v) is 2.23. The van der Waals surface area contributed by atoms with Gasteiger partial charge in [-0.15, -0.1) is 0 Å². The molecule has 0 heterocycles. The van der Waals surface area contributed by atoms with Gasteiger partial charge >= 0.3 is 0 Å². The Morgan fingerprint density at radius 1 is 1.23 bits per heavy atom. The second-order valence-corrected chi connectivity index (χ2v) is 5.90. The van der Waals surface area contributed by atoms with Crippen LogP contribution in [0.25, 0.3) is 12.2 Å². The van der Waals surface area contributed by atoms with E-state index >= 15 is 0 Å². The molecule has 1 aromatic carbocycles. The summed E-state index contributed by atoms with van der Waals surface area (Å²) in [5, 5.41) is 3.38. The van der Waals surface area contributed by atoms with Gasteiger partial charge < -0.3 is 11.1 Å². The van der Waals surface area contributed by atoms with E-state index in [2.05, 4.69) is 62.7 Å². The lowest BCUT2D eigenvalue weighted by molar-refractivity contribution is 0.564. The van der Waals surface area contributed by atoms with Crippen molar-refractivity contribution in [3.63, 3.8) is 0 Å². The number of benzene rings is 1. The number of allylic oxidation sites excluding steroid dienone is 1. The lowest BCUT2D eigenvalue weighted by Gasteiger charge is -2.29. The average molecular weight is 296 g/mol. The van der Waals surface area contributed by atoms with Gasteiger partial charge in [-0.2, -0.15) is 0 Å². The third-order valence-electron chi connectivity index (χ3n) is 3.79. The van der Waals surface area contributed by atoms with Gasteiger partial charge in [0.15, 0.2) is 0 Å². The van der Waals surface area contributed by atoms with Crippen molar-refractivity contribution in [2.75, 3.05) is 0 Å². The summed E-state index contributed by atoms with van der Waals surface area (Å²) >= 11 is 0. The Labute approximate surface area is 135 Å². The summed E-state index contributed by atoms with van der Waals surface area (Å²) < 4.78 is 0. The van der Waals surface area contributed by atoms with Crippen molar-refractivity contribution in [1.29, 1.82) is 0 Å². The first-order valence-corrected chi connectivity index (χ1v) is 7.62. The maximum absolute atomic E-state index is 5.57. The van der Waals surface area contributed by atoms with Gasteiger partial charge in [-0.05, 0) is 56.2 Å². The molecule has 0 amide bonds. The highest BCUT2D eigenvalue weighted by Crippen LogP contribution is 2.22. The van der Waals surface area contributed by atoms with Crippen LogP contribution in [0, 0.1) is 0 Å². The van der Waals surface area contributed by atoms with Gasteiger partial charge in [-0.25, -0.2) is 0 Å². The van der Waals surface area contributed by atoms with Crippen LogP contribution in [-0.4, -0.2) is 5.54 Å². The van der Waals surface area contributed by atoms with Gasteiger partial charge in [0.2, 0.25) is 0 Å². The Morgan fingerprint density at radius 2 is 1.91 bits per heavy atom. The summed E-state index contributed by atoms with van der Waals surface area (Å²) in [6.45, 7) is 16.2. The molecule has 1 rings (SSSR count). The van der Waals surface area contributed by atoms with Crippen LogP contribution in [0.2, 0.25) is 0 Å². The van der Waals surface area contributed by atoms with Gasteiger partial charge in [0.05, 0.1) is 5.54 Å². The molecule has 22 heavy (non-hydrogen) atoms. The zero-order valence-electron chi connectivity index (χ0n) is 14.2. The van der Waals surface area contributed by atoms with Gasteiger partial charge in [-0.1, -0.05) is 56.0 Å². The van der Waals surface area contributed by atoms with Crippen molar-refractivity contribution in [2.45, 2.75) is 39.7 Å². The lowest BCUT2D eigenvalue weighted by atomic mass is 9.91. The van der Waals surface area contributed by atoms with E-state index in [1.54, 1.807) is 6.20 Å². The molecule has 0 aliphatic rings. The van der Waals surface area contributed by atoms with E-state index in [-0.39, 0.29) is 5.54 Å². The third-order valence-corrected chi connectivity index (χ3v) is 3.79. The Bertz CT molecular complexity index is 608. The van der Waals surface area contributed by atoms with E-state index in [0.717, 1.165) is 28.8 Å². The van der Waals surface area contributed by atoms with Crippen LogP contribution < -0.4 is 11.1 Å². The fraction of sp³-hybridized carbons (Fsp3) is 0.300. The molecule has 3 N–H and O–H groups in total. The van der Waals surface area contributed by atoms with Gasteiger partial charge in [0.25, 0.3) is 0 Å². The van der Waals surface area contributed by atoms with Crippen LogP contribution in [0.1, 0.15) is 44.4 Å². The highest BCUT2D eigenvalue weighted by atomic mass is 15.0. The minimum absolute atomic E-state index is 0.320. The molecule has 0 saturated carbocycles. The topological polar surface area (TPSA) is 38.0 Å². The molecule has 0 aromatic heterocycles. The molecular formula is C20H28N2. The number of nitrogens with two attached hydrogens (primary N) is 1. The molecule has 0 fully saturated rings. The Morgan fingerprint density at radius 3 is 2.41 bits per heavy atom. The van der Waals surface area contributed by atoms with Crippen molar-refractivity contribution in [1.82, 2.24) is 5.32 Å². The summed E-state index contributed by atoms with van der Waals surface area (Å²) in [6, 6.07) is 6.45. The Kier molecular flexibility index (Phi) is 6.24. The predicted octanol–water partition coefficient (Wildman–Crippen LogP) is 4.65. The molecule has 2 heteroatoms. The minimum Gasteiger partial charge on any atom is -0.405 e. The van der Waals surface area contributed by atoms with Crippen molar-refractivity contribution in [3.05, 3.63) is 71.6 Å². The molecule has 0 bridgehead atoms. The van der Waals surface area contributed by atoms with E-state index < -0.39 is 0 Å². The van der Waals surface area contributed by atoms with Crippen molar-refractivity contribution in [2.24, 2.45) is 5.73 Å². The SMILES string of the molecule is C=C(C)N[C@@](C)(/C=C/c1ccc(CC)cc1/C=C\N)C(=C)C. The van der Waals surface area contributed by atoms with Crippen molar-refractivity contribution >= 4 is 12.2 Å². The molecule has 1 atom stereocenters. The molecule has 0 aliphatic carbocycles. The number of aryl methyl sites for hydroxylation is 1. The molecule has 0 saturated heterocycles. The predicted molar refractivity (Wildman–Crippen MR) is 99.2 cm³/mol. The first-order valence-electron chi connectivity index (χ1n) is 7.62. The van der Waals surface area contributed by atoms with E-state index in [9.17, 15) is 0 Å². The van der Waals surface area contributed by atoms with Gasteiger partial charge in [0.1, 0.15) is 0 Å². The highest BCUT2D eigenvalue weighted by Gasteiger charge is 2.20. The Balaban J connectivity index is 3.20. The first-order chi connectivity index (χ1) is 10.3. The second kappa shape index (κ2) is 7.69. The molecule has 0 radical (unpaired) electrons. The molecule has 1 aromatic rings. The van der Waals surface area contributed by atoms with E-state index in [1.165, 1.54) is 5.56 Å². The van der Waals surface area contributed by atoms with E-state index in [0.29, 0.717) is 0 Å². The van der Waals surface area contributed by atoms with Crippen molar-refractivity contribution < 1.29 is 0 Å². The van der Waals surface area contributed by atoms with Crippen LogP contribution in [0.5, 0.6) is 0 Å². The number of hydrogen-bond donors (Lipinski definition) is 2. The van der Waals surface area contributed by atoms with Crippen LogP contribution in [-0.2, 0) is 6.42 Å². The monoisotopic (exact) mass is 296 g/mol.